The van der Waals surface area contributed by atoms with E-state index in [4.69, 9.17) is 20.4 Å². The highest BCUT2D eigenvalue weighted by molar-refractivity contribution is 5.85. The normalized spacial score (nSPS) is 12.0. The average molecular weight is 297 g/mol. The fourth-order valence-corrected chi connectivity index (χ4v) is 1.57. The number of benzene rings is 1. The molecule has 0 fully saturated rings. The van der Waals surface area contributed by atoms with Crippen LogP contribution >= 0.6 is 0 Å². The van der Waals surface area contributed by atoms with E-state index < -0.39 is 10.3 Å². The van der Waals surface area contributed by atoms with Gasteiger partial charge in [0.2, 0.25) is 0 Å². The van der Waals surface area contributed by atoms with E-state index in [9.17, 15) is 10.1 Å². The highest BCUT2D eigenvalue weighted by atomic mass is 16.6. The minimum absolute atomic E-state index is 0.0730. The molecule has 116 valence electrons. The molecule has 0 bridgehead atoms. The van der Waals surface area contributed by atoms with Crippen molar-refractivity contribution in [1.29, 1.82) is 0 Å². The lowest BCUT2D eigenvalue weighted by Crippen LogP contribution is -2.33. The third-order valence-electron chi connectivity index (χ3n) is 3.14. The molecule has 0 saturated carbocycles. The SMILES string of the molecule is COc1cc([N+](=O)[O-])ccc1OCCC(C)(C)C(N)=NO. The van der Waals surface area contributed by atoms with E-state index in [0.29, 0.717) is 12.2 Å². The number of ether oxygens (including phenoxy) is 2. The van der Waals surface area contributed by atoms with Gasteiger partial charge in [-0.2, -0.15) is 0 Å². The van der Waals surface area contributed by atoms with Crippen molar-refractivity contribution in [2.24, 2.45) is 16.3 Å². The summed E-state index contributed by atoms with van der Waals surface area (Å²) in [5.41, 5.74) is 4.99. The van der Waals surface area contributed by atoms with E-state index in [1.54, 1.807) is 0 Å². The second-order valence-electron chi connectivity index (χ2n) is 5.06. The molecule has 8 nitrogen and oxygen atoms in total. The fourth-order valence-electron chi connectivity index (χ4n) is 1.57. The summed E-state index contributed by atoms with van der Waals surface area (Å²) in [5, 5.41) is 22.4. The summed E-state index contributed by atoms with van der Waals surface area (Å²) in [5.74, 6) is 0.797. The maximum atomic E-state index is 10.7. The number of nitro benzene ring substituents is 1. The van der Waals surface area contributed by atoms with Crippen molar-refractivity contribution in [1.82, 2.24) is 0 Å². The van der Waals surface area contributed by atoms with E-state index in [1.807, 2.05) is 13.8 Å². The zero-order valence-electron chi connectivity index (χ0n) is 12.2. The number of amidine groups is 1. The second-order valence-corrected chi connectivity index (χ2v) is 5.06. The summed E-state index contributed by atoms with van der Waals surface area (Å²) < 4.78 is 10.6. The summed E-state index contributed by atoms with van der Waals surface area (Å²) in [4.78, 5) is 10.2. The maximum Gasteiger partial charge on any atom is 0.273 e. The zero-order valence-corrected chi connectivity index (χ0v) is 12.2. The Hall–Kier alpha value is -2.51. The van der Waals surface area contributed by atoms with Gasteiger partial charge in [0.05, 0.1) is 24.7 Å². The Morgan fingerprint density at radius 2 is 2.14 bits per heavy atom. The quantitative estimate of drug-likeness (QED) is 0.261. The van der Waals surface area contributed by atoms with Gasteiger partial charge < -0.3 is 20.4 Å². The lowest BCUT2D eigenvalue weighted by atomic mass is 9.88. The number of hydrogen-bond donors (Lipinski definition) is 2. The molecule has 0 aliphatic rings. The molecule has 0 heterocycles. The topological polar surface area (TPSA) is 120 Å². The molecule has 0 atom stereocenters. The number of non-ortho nitro benzene ring substituents is 1. The number of methoxy groups -OCH3 is 1. The monoisotopic (exact) mass is 297 g/mol. The number of hydrogen-bond acceptors (Lipinski definition) is 6. The molecule has 3 N–H and O–H groups in total. The van der Waals surface area contributed by atoms with Crippen LogP contribution in [0.2, 0.25) is 0 Å². The molecule has 0 amide bonds. The minimum Gasteiger partial charge on any atom is -0.493 e. The highest BCUT2D eigenvalue weighted by Crippen LogP contribution is 2.32. The van der Waals surface area contributed by atoms with E-state index in [2.05, 4.69) is 5.16 Å². The van der Waals surface area contributed by atoms with Crippen LogP contribution in [0.5, 0.6) is 11.5 Å². The van der Waals surface area contributed by atoms with Gasteiger partial charge >= 0.3 is 0 Å². The van der Waals surface area contributed by atoms with Gasteiger partial charge in [0.15, 0.2) is 11.5 Å². The molecular formula is C13H19N3O5. The van der Waals surface area contributed by atoms with Crippen LogP contribution in [0.15, 0.2) is 23.4 Å². The molecule has 0 unspecified atom stereocenters. The molecule has 0 aliphatic heterocycles. The van der Waals surface area contributed by atoms with Gasteiger partial charge in [-0.3, -0.25) is 10.1 Å². The molecule has 1 aromatic carbocycles. The third-order valence-corrected chi connectivity index (χ3v) is 3.14. The van der Waals surface area contributed by atoms with Crippen molar-refractivity contribution in [2.45, 2.75) is 20.3 Å². The van der Waals surface area contributed by atoms with E-state index in [0.717, 1.165) is 0 Å². The van der Waals surface area contributed by atoms with Crippen LogP contribution in [0, 0.1) is 15.5 Å². The summed E-state index contributed by atoms with van der Waals surface area (Å²) in [6, 6.07) is 4.12. The van der Waals surface area contributed by atoms with Crippen LogP contribution in [0.25, 0.3) is 0 Å². The predicted molar refractivity (Wildman–Crippen MR) is 77.0 cm³/mol. The Morgan fingerprint density at radius 1 is 1.48 bits per heavy atom. The van der Waals surface area contributed by atoms with E-state index in [1.165, 1.54) is 25.3 Å². The maximum absolute atomic E-state index is 10.7. The number of nitrogens with two attached hydrogens (primary N) is 1. The Balaban J connectivity index is 2.74. The van der Waals surface area contributed by atoms with Gasteiger partial charge in [0.1, 0.15) is 5.84 Å². The molecular weight excluding hydrogens is 278 g/mol. The molecule has 0 aliphatic carbocycles. The third kappa shape index (κ3) is 4.23. The molecule has 0 saturated heterocycles. The molecule has 0 spiro atoms. The molecule has 21 heavy (non-hydrogen) atoms. The van der Waals surface area contributed by atoms with Gasteiger partial charge in [-0.05, 0) is 12.5 Å². The number of nitrogens with zero attached hydrogens (tertiary/aromatic N) is 2. The van der Waals surface area contributed by atoms with Crippen LogP contribution in [0.1, 0.15) is 20.3 Å². The summed E-state index contributed by atoms with van der Waals surface area (Å²) >= 11 is 0. The first-order valence-corrected chi connectivity index (χ1v) is 6.25. The number of rotatable bonds is 7. The Kier molecular flexibility index (Phi) is 5.34. The number of oxime groups is 1. The van der Waals surface area contributed by atoms with Gasteiger partial charge in [-0.25, -0.2) is 0 Å². The van der Waals surface area contributed by atoms with Crippen molar-refractivity contribution in [3.05, 3.63) is 28.3 Å². The van der Waals surface area contributed by atoms with Gasteiger partial charge in [0, 0.05) is 11.5 Å². The van der Waals surface area contributed by atoms with Gasteiger partial charge in [0.25, 0.3) is 5.69 Å². The first-order valence-electron chi connectivity index (χ1n) is 6.25. The van der Waals surface area contributed by atoms with E-state index in [-0.39, 0.29) is 23.9 Å². The van der Waals surface area contributed by atoms with Crippen LogP contribution in [-0.2, 0) is 0 Å². The van der Waals surface area contributed by atoms with Crippen LogP contribution < -0.4 is 15.2 Å². The van der Waals surface area contributed by atoms with Crippen molar-refractivity contribution in [3.8, 4) is 11.5 Å². The largest absolute Gasteiger partial charge is 0.493 e. The summed E-state index contributed by atoms with van der Waals surface area (Å²) in [6.07, 6.45) is 0.503. The molecule has 1 aromatic rings. The van der Waals surface area contributed by atoms with Crippen LogP contribution in [0.4, 0.5) is 5.69 Å². The minimum atomic E-state index is -0.525. The second kappa shape index (κ2) is 6.78. The molecule has 8 heteroatoms. The van der Waals surface area contributed by atoms with Crippen LogP contribution in [0.3, 0.4) is 0 Å². The number of nitro groups is 1. The van der Waals surface area contributed by atoms with Crippen molar-refractivity contribution >= 4 is 11.5 Å². The fraction of sp³-hybridized carbons (Fsp3) is 0.462. The molecule has 1 rings (SSSR count). The Morgan fingerprint density at radius 3 is 2.67 bits per heavy atom. The van der Waals surface area contributed by atoms with Crippen molar-refractivity contribution in [3.63, 3.8) is 0 Å². The standard InChI is InChI=1S/C13H19N3O5/c1-13(2,12(14)15-17)6-7-21-10-5-4-9(16(18)19)8-11(10)20-3/h4-5,8,17H,6-7H2,1-3H3,(H2,14,15). The average Bonchev–Trinajstić information content (AvgIpc) is 2.46. The smallest absolute Gasteiger partial charge is 0.273 e. The summed E-state index contributed by atoms with van der Waals surface area (Å²) in [7, 11) is 1.41. The van der Waals surface area contributed by atoms with Gasteiger partial charge in [-0.15, -0.1) is 0 Å². The molecule has 0 radical (unpaired) electrons. The van der Waals surface area contributed by atoms with E-state index >= 15 is 0 Å². The Labute approximate surface area is 122 Å². The Bertz CT molecular complexity index is 543. The zero-order chi connectivity index (χ0) is 16.0. The van der Waals surface area contributed by atoms with Gasteiger partial charge in [-0.1, -0.05) is 19.0 Å². The molecule has 0 aromatic heterocycles. The summed E-state index contributed by atoms with van der Waals surface area (Å²) in [6.45, 7) is 3.92. The predicted octanol–water partition coefficient (Wildman–Crippen LogP) is 2.14. The highest BCUT2D eigenvalue weighted by Gasteiger charge is 2.24. The van der Waals surface area contributed by atoms with Crippen molar-refractivity contribution < 1.29 is 19.6 Å². The first kappa shape index (κ1) is 16.5. The van der Waals surface area contributed by atoms with Crippen LogP contribution in [-0.4, -0.2) is 29.7 Å². The van der Waals surface area contributed by atoms with Crippen molar-refractivity contribution in [2.75, 3.05) is 13.7 Å². The first-order chi connectivity index (χ1) is 9.81. The lowest BCUT2D eigenvalue weighted by Gasteiger charge is -2.22. The lowest BCUT2D eigenvalue weighted by molar-refractivity contribution is -0.385.